The van der Waals surface area contributed by atoms with E-state index in [-0.39, 0.29) is 31.3 Å². The maximum atomic E-state index is 12.9. The average Bonchev–Trinajstić information content (AvgIpc) is 3.22. The van der Waals surface area contributed by atoms with Gasteiger partial charge in [0.05, 0.1) is 33.0 Å². The van der Waals surface area contributed by atoms with Crippen molar-refractivity contribution in [3.05, 3.63) is 155 Å². The van der Waals surface area contributed by atoms with Gasteiger partial charge in [-0.05, 0) is 57.6 Å². The van der Waals surface area contributed by atoms with Crippen molar-refractivity contribution in [2.45, 2.75) is 55.9 Å². The van der Waals surface area contributed by atoms with Crippen molar-refractivity contribution < 1.29 is 33.6 Å². The number of urea groups is 1. The van der Waals surface area contributed by atoms with Crippen molar-refractivity contribution in [2.24, 2.45) is 5.92 Å². The molecule has 0 aromatic heterocycles. The average molecular weight is 747 g/mol. The second-order valence-corrected chi connectivity index (χ2v) is 14.3. The molecule has 1 fully saturated rings. The van der Waals surface area contributed by atoms with E-state index in [2.05, 4.69) is 29.7 Å². The summed E-state index contributed by atoms with van der Waals surface area (Å²) < 4.78 is 24.0. The van der Waals surface area contributed by atoms with Crippen LogP contribution in [0.3, 0.4) is 0 Å². The number of benzene rings is 5. The Morgan fingerprint density at radius 1 is 0.778 bits per heavy atom. The molecule has 9 nitrogen and oxygen atoms in total. The van der Waals surface area contributed by atoms with Crippen molar-refractivity contribution in [3.8, 4) is 16.9 Å². The second-order valence-electron chi connectivity index (χ2n) is 13.2. The van der Waals surface area contributed by atoms with Crippen LogP contribution in [0.4, 0.5) is 4.79 Å². The zero-order valence-corrected chi connectivity index (χ0v) is 31.5. The van der Waals surface area contributed by atoms with Crippen molar-refractivity contribution in [1.82, 2.24) is 10.6 Å². The number of ether oxygens (including phenoxy) is 4. The van der Waals surface area contributed by atoms with Gasteiger partial charge in [-0.1, -0.05) is 110 Å². The molecule has 0 saturated carbocycles. The van der Waals surface area contributed by atoms with Gasteiger partial charge in [0, 0.05) is 35.1 Å². The normalized spacial score (nSPS) is 18.7. The Kier molecular flexibility index (Phi) is 13.4. The van der Waals surface area contributed by atoms with Crippen molar-refractivity contribution >= 4 is 23.8 Å². The van der Waals surface area contributed by atoms with E-state index in [1.165, 1.54) is 7.11 Å². The van der Waals surface area contributed by atoms with E-state index in [1.54, 1.807) is 18.9 Å². The monoisotopic (exact) mass is 746 g/mol. The summed E-state index contributed by atoms with van der Waals surface area (Å²) in [5.41, 5.74) is 6.51. The molecule has 1 aliphatic heterocycles. The molecule has 1 saturated heterocycles. The number of thioether (sulfide) groups is 1. The summed E-state index contributed by atoms with van der Waals surface area (Å²) in [5, 5.41) is 15.3. The summed E-state index contributed by atoms with van der Waals surface area (Å²) in [6.07, 6.45) is -0.690. The summed E-state index contributed by atoms with van der Waals surface area (Å²) in [7, 11) is 2.99. The Bertz CT molecular complexity index is 1990. The largest absolute Gasteiger partial charge is 0.496 e. The first-order chi connectivity index (χ1) is 26.3. The van der Waals surface area contributed by atoms with Gasteiger partial charge in [-0.3, -0.25) is 0 Å². The Labute approximate surface area is 321 Å². The van der Waals surface area contributed by atoms with Gasteiger partial charge in [-0.2, -0.15) is 0 Å². The Morgan fingerprint density at radius 2 is 1.48 bits per heavy atom. The highest BCUT2D eigenvalue weighted by atomic mass is 32.2. The van der Waals surface area contributed by atoms with E-state index in [1.807, 2.05) is 115 Å². The molecule has 1 heterocycles. The number of hydrogen-bond donors (Lipinski definition) is 3. The lowest BCUT2D eigenvalue weighted by Crippen LogP contribution is -2.47. The molecule has 5 aromatic rings. The highest BCUT2D eigenvalue weighted by molar-refractivity contribution is 7.99. The van der Waals surface area contributed by atoms with Crippen LogP contribution in [-0.4, -0.2) is 49.2 Å². The maximum absolute atomic E-state index is 12.9. The number of nitrogens with one attached hydrogen (secondary N) is 2. The molecular formula is C44H46N2O7S. The van der Waals surface area contributed by atoms with Gasteiger partial charge in [0.25, 0.3) is 0 Å². The summed E-state index contributed by atoms with van der Waals surface area (Å²) in [6, 6.07) is 40.2. The van der Waals surface area contributed by atoms with Crippen LogP contribution >= 0.6 is 11.8 Å². The standard InChI is InChI=1S/C44H46N2O7S/c1-29-39(28-54-40-18-8-7-17-38(40)50-2)52-43(53-41(29)33-21-19-31(27-47)20-22-33)36-16-10-15-35(25-36)34-14-9-13-32(23-34)26-45-44(49)46-37(42(48)51-3)24-30-11-5-4-6-12-30/h4-23,25,29,37,39,41,43,47H,24,26-28H2,1-3H3,(H2,45,46,49)/t29-,37+,39+,41+,43+/m1/s1. The fraction of sp³-hybridized carbons (Fsp3) is 0.273. The summed E-state index contributed by atoms with van der Waals surface area (Å²) in [5.74, 6) is 1.05. The SMILES string of the molecule is COC(=O)[C@H](Cc1ccccc1)NC(=O)NCc1cccc(-c2cccc([C@H]3O[C@@H](CSc4ccccc4OC)[C@@H](C)[C@@H](c4ccc(CO)cc4)O3)c2)c1. The highest BCUT2D eigenvalue weighted by Gasteiger charge is 2.38. The van der Waals surface area contributed by atoms with Crippen LogP contribution in [0.25, 0.3) is 11.1 Å². The summed E-state index contributed by atoms with van der Waals surface area (Å²) in [4.78, 5) is 26.4. The minimum atomic E-state index is -0.822. The zero-order valence-electron chi connectivity index (χ0n) is 30.6. The zero-order chi connectivity index (χ0) is 37.9. The molecule has 10 heteroatoms. The first-order valence-electron chi connectivity index (χ1n) is 18.0. The molecule has 0 unspecified atom stereocenters. The Morgan fingerprint density at radius 3 is 2.22 bits per heavy atom. The molecule has 0 radical (unpaired) electrons. The molecule has 54 heavy (non-hydrogen) atoms. The van der Waals surface area contributed by atoms with Gasteiger partial charge >= 0.3 is 12.0 Å². The molecule has 2 amide bonds. The second kappa shape index (κ2) is 18.8. The minimum Gasteiger partial charge on any atom is -0.496 e. The van der Waals surface area contributed by atoms with Crippen LogP contribution in [0, 0.1) is 5.92 Å². The number of esters is 1. The molecule has 0 spiro atoms. The van der Waals surface area contributed by atoms with Crippen LogP contribution in [0.5, 0.6) is 5.75 Å². The number of amides is 2. The molecule has 0 bridgehead atoms. The van der Waals surface area contributed by atoms with E-state index >= 15 is 0 Å². The number of carbonyl (C=O) groups is 2. The molecule has 280 valence electrons. The molecule has 5 atom stereocenters. The van der Waals surface area contributed by atoms with Crippen molar-refractivity contribution in [1.29, 1.82) is 0 Å². The fourth-order valence-corrected chi connectivity index (χ4v) is 7.72. The molecule has 5 aromatic carbocycles. The topological polar surface area (TPSA) is 115 Å². The first kappa shape index (κ1) is 38.6. The van der Waals surface area contributed by atoms with E-state index in [4.69, 9.17) is 18.9 Å². The lowest BCUT2D eigenvalue weighted by atomic mass is 9.91. The van der Waals surface area contributed by atoms with E-state index < -0.39 is 24.3 Å². The fourth-order valence-electron chi connectivity index (χ4n) is 6.52. The maximum Gasteiger partial charge on any atom is 0.328 e. The molecule has 1 aliphatic rings. The van der Waals surface area contributed by atoms with Gasteiger partial charge in [-0.15, -0.1) is 11.8 Å². The van der Waals surface area contributed by atoms with Gasteiger partial charge in [0.15, 0.2) is 6.29 Å². The van der Waals surface area contributed by atoms with Crippen LogP contribution in [-0.2, 0) is 38.6 Å². The highest BCUT2D eigenvalue weighted by Crippen LogP contribution is 2.44. The predicted octanol–water partition coefficient (Wildman–Crippen LogP) is 8.02. The van der Waals surface area contributed by atoms with E-state index in [0.29, 0.717) is 12.2 Å². The predicted molar refractivity (Wildman–Crippen MR) is 210 cm³/mol. The lowest BCUT2D eigenvalue weighted by molar-refractivity contribution is -0.268. The van der Waals surface area contributed by atoms with Crippen molar-refractivity contribution in [3.63, 3.8) is 0 Å². The van der Waals surface area contributed by atoms with Crippen LogP contribution in [0.1, 0.15) is 47.1 Å². The third kappa shape index (κ3) is 9.89. The molecular weight excluding hydrogens is 701 g/mol. The van der Waals surface area contributed by atoms with Gasteiger partial charge in [0.2, 0.25) is 0 Å². The van der Waals surface area contributed by atoms with E-state index in [0.717, 1.165) is 49.6 Å². The third-order valence-corrected chi connectivity index (χ3v) is 10.7. The quantitative estimate of drug-likeness (QED) is 0.0774. The van der Waals surface area contributed by atoms with Gasteiger partial charge in [0.1, 0.15) is 11.8 Å². The Hall–Kier alpha value is -5.13. The first-order valence-corrected chi connectivity index (χ1v) is 19.0. The third-order valence-electron chi connectivity index (χ3n) is 9.54. The molecule has 3 N–H and O–H groups in total. The number of aliphatic hydroxyl groups excluding tert-OH is 1. The number of hydrogen-bond acceptors (Lipinski definition) is 8. The number of para-hydroxylation sites is 1. The van der Waals surface area contributed by atoms with Crippen LogP contribution in [0.15, 0.2) is 132 Å². The summed E-state index contributed by atoms with van der Waals surface area (Å²) in [6.45, 7) is 2.39. The number of rotatable bonds is 14. The summed E-state index contributed by atoms with van der Waals surface area (Å²) >= 11 is 1.70. The molecule has 0 aliphatic carbocycles. The Balaban J connectivity index is 1.17. The molecule has 6 rings (SSSR count). The smallest absolute Gasteiger partial charge is 0.328 e. The number of carbonyl (C=O) groups excluding carboxylic acids is 2. The number of aliphatic hydroxyl groups is 1. The van der Waals surface area contributed by atoms with Crippen LogP contribution in [0.2, 0.25) is 0 Å². The van der Waals surface area contributed by atoms with Gasteiger partial charge < -0.3 is 34.7 Å². The van der Waals surface area contributed by atoms with E-state index in [9.17, 15) is 14.7 Å². The van der Waals surface area contributed by atoms with Gasteiger partial charge in [-0.25, -0.2) is 9.59 Å². The minimum absolute atomic E-state index is 0.0207. The van der Waals surface area contributed by atoms with Crippen molar-refractivity contribution in [2.75, 3.05) is 20.0 Å². The van der Waals surface area contributed by atoms with Crippen LogP contribution < -0.4 is 15.4 Å². The number of methoxy groups -OCH3 is 2. The lowest BCUT2D eigenvalue weighted by Gasteiger charge is -2.41.